The van der Waals surface area contributed by atoms with Crippen molar-refractivity contribution in [1.82, 2.24) is 9.80 Å². The Kier molecular flexibility index (Phi) is 9.94. The number of ether oxygens (including phenoxy) is 1. The van der Waals surface area contributed by atoms with Crippen LogP contribution in [0.4, 0.5) is 0 Å². The lowest BCUT2D eigenvalue weighted by atomic mass is 10.0. The molecule has 0 aliphatic carbocycles. The van der Waals surface area contributed by atoms with Crippen molar-refractivity contribution in [3.8, 4) is 11.5 Å². The predicted molar refractivity (Wildman–Crippen MR) is 154 cm³/mol. The zero-order chi connectivity index (χ0) is 26.2. The molecule has 2 aromatic carbocycles. The molecule has 38 heavy (non-hydrogen) atoms. The maximum atomic E-state index is 12.9. The maximum absolute atomic E-state index is 12.9. The molecule has 3 heterocycles. The first-order valence-corrected chi connectivity index (χ1v) is 15.6. The number of ketones is 2. The number of Topliss-reactive ketones (excluding diaryl/α,β-unsaturated/α-hetero) is 2. The van der Waals surface area contributed by atoms with Gasteiger partial charge in [-0.25, -0.2) is 0 Å². The third kappa shape index (κ3) is 7.49. The molecule has 2 fully saturated rings. The lowest BCUT2D eigenvalue weighted by Gasteiger charge is -2.26. The molecule has 0 N–H and O–H groups in total. The molecule has 0 saturated carbocycles. The van der Waals surface area contributed by atoms with Crippen LogP contribution in [0.15, 0.2) is 46.2 Å². The number of fused-ring (bicyclic) bond motifs is 2. The SMILES string of the molecule is O=C(CCCCN1CCCCC1)c1ccc2c(c1)Sc1cc(C(=O)CCCCN3CCCCC3)ccc1O2. The molecule has 0 amide bonds. The number of unbranched alkanes of at least 4 members (excludes halogenated alkanes) is 2. The van der Waals surface area contributed by atoms with Gasteiger partial charge in [-0.15, -0.1) is 0 Å². The quantitative estimate of drug-likeness (QED) is 0.176. The van der Waals surface area contributed by atoms with Gasteiger partial charge in [-0.2, -0.15) is 0 Å². The highest BCUT2D eigenvalue weighted by Crippen LogP contribution is 2.47. The van der Waals surface area contributed by atoms with E-state index in [1.54, 1.807) is 11.8 Å². The summed E-state index contributed by atoms with van der Waals surface area (Å²) in [5.74, 6) is 1.96. The summed E-state index contributed by atoms with van der Waals surface area (Å²) in [6.07, 6.45) is 13.2. The molecule has 2 saturated heterocycles. The molecule has 5 nitrogen and oxygen atoms in total. The van der Waals surface area contributed by atoms with Crippen LogP contribution in [-0.4, -0.2) is 60.6 Å². The van der Waals surface area contributed by atoms with Gasteiger partial charge in [0.25, 0.3) is 0 Å². The van der Waals surface area contributed by atoms with E-state index in [9.17, 15) is 9.59 Å². The molecule has 0 spiro atoms. The van der Waals surface area contributed by atoms with Crippen molar-refractivity contribution >= 4 is 23.3 Å². The van der Waals surface area contributed by atoms with Crippen LogP contribution in [0.3, 0.4) is 0 Å². The van der Waals surface area contributed by atoms with E-state index in [1.807, 2.05) is 36.4 Å². The number of piperidine rings is 2. The molecular weight excluding hydrogens is 492 g/mol. The number of hydrogen-bond donors (Lipinski definition) is 0. The largest absolute Gasteiger partial charge is 0.455 e. The average Bonchev–Trinajstić information content (AvgIpc) is 2.96. The summed E-state index contributed by atoms with van der Waals surface area (Å²) in [7, 11) is 0. The number of hydrogen-bond acceptors (Lipinski definition) is 6. The number of nitrogens with zero attached hydrogens (tertiary/aromatic N) is 2. The van der Waals surface area contributed by atoms with Crippen LogP contribution >= 0.6 is 11.8 Å². The third-order valence-corrected chi connectivity index (χ3v) is 9.20. The van der Waals surface area contributed by atoms with E-state index in [0.29, 0.717) is 12.8 Å². The van der Waals surface area contributed by atoms with Crippen LogP contribution in [0.25, 0.3) is 0 Å². The van der Waals surface area contributed by atoms with E-state index in [4.69, 9.17) is 4.74 Å². The Morgan fingerprint density at radius 3 is 1.53 bits per heavy atom. The van der Waals surface area contributed by atoms with E-state index < -0.39 is 0 Å². The first-order chi connectivity index (χ1) is 18.7. The Morgan fingerprint density at radius 2 is 1.08 bits per heavy atom. The van der Waals surface area contributed by atoms with Gasteiger partial charge in [0.2, 0.25) is 0 Å². The molecule has 3 aliphatic heterocycles. The summed E-state index contributed by atoms with van der Waals surface area (Å²) < 4.78 is 6.12. The van der Waals surface area contributed by atoms with Crippen LogP contribution in [-0.2, 0) is 0 Å². The number of carbonyl (C=O) groups excluding carboxylic acids is 2. The van der Waals surface area contributed by atoms with Gasteiger partial charge in [-0.3, -0.25) is 9.59 Å². The number of rotatable bonds is 12. The van der Waals surface area contributed by atoms with Gasteiger partial charge in [0.15, 0.2) is 11.6 Å². The van der Waals surface area contributed by atoms with E-state index in [1.165, 1.54) is 64.7 Å². The van der Waals surface area contributed by atoms with Gasteiger partial charge >= 0.3 is 0 Å². The Balaban J connectivity index is 1.11. The fourth-order valence-electron chi connectivity index (χ4n) is 5.82. The number of likely N-dealkylation sites (tertiary alicyclic amines) is 2. The van der Waals surface area contributed by atoms with Crippen molar-refractivity contribution in [3.05, 3.63) is 47.5 Å². The summed E-state index contributed by atoms with van der Waals surface area (Å²) in [5.41, 5.74) is 1.50. The van der Waals surface area contributed by atoms with Crippen molar-refractivity contribution in [2.75, 3.05) is 39.3 Å². The van der Waals surface area contributed by atoms with E-state index in [-0.39, 0.29) is 11.6 Å². The number of benzene rings is 2. The summed E-state index contributed by atoms with van der Waals surface area (Å²) in [6, 6.07) is 11.5. The van der Waals surface area contributed by atoms with Crippen LogP contribution in [0, 0.1) is 0 Å². The van der Waals surface area contributed by atoms with Gasteiger partial charge in [0.1, 0.15) is 11.5 Å². The standard InChI is InChI=1S/C32H42N2O3S/c35-27(11-3-9-21-33-17-5-1-6-18-33)25-13-15-29-31(23-25)38-32-24-26(14-16-30(32)37-29)28(36)12-4-10-22-34-19-7-2-8-20-34/h13-16,23-24H,1-12,17-22H2. The molecule has 0 aromatic heterocycles. The molecule has 5 rings (SSSR count). The molecule has 3 aliphatic rings. The van der Waals surface area contributed by atoms with E-state index in [2.05, 4.69) is 9.80 Å². The van der Waals surface area contributed by atoms with Crippen molar-refractivity contribution in [1.29, 1.82) is 0 Å². The molecule has 0 radical (unpaired) electrons. The maximum Gasteiger partial charge on any atom is 0.162 e. The summed E-state index contributed by atoms with van der Waals surface area (Å²) in [4.78, 5) is 32.7. The van der Waals surface area contributed by atoms with Crippen LogP contribution in [0.2, 0.25) is 0 Å². The van der Waals surface area contributed by atoms with Gasteiger partial charge in [-0.05, 0) is 127 Å². The minimum atomic E-state index is 0.200. The molecular formula is C32H42N2O3S. The highest BCUT2D eigenvalue weighted by atomic mass is 32.2. The monoisotopic (exact) mass is 534 g/mol. The minimum Gasteiger partial charge on any atom is -0.455 e. The Bertz CT molecular complexity index is 1020. The Hall–Kier alpha value is -2.15. The Morgan fingerprint density at radius 1 is 0.632 bits per heavy atom. The molecule has 2 aromatic rings. The highest BCUT2D eigenvalue weighted by molar-refractivity contribution is 7.99. The van der Waals surface area contributed by atoms with Gasteiger partial charge < -0.3 is 14.5 Å². The van der Waals surface area contributed by atoms with Crippen molar-refractivity contribution in [3.63, 3.8) is 0 Å². The summed E-state index contributed by atoms with van der Waals surface area (Å²) >= 11 is 1.60. The average molecular weight is 535 g/mol. The summed E-state index contributed by atoms with van der Waals surface area (Å²) in [5, 5.41) is 0. The fourth-order valence-corrected chi connectivity index (χ4v) is 6.85. The molecule has 0 bridgehead atoms. The molecule has 0 atom stereocenters. The molecule has 204 valence electrons. The van der Waals surface area contributed by atoms with Crippen LogP contribution in [0.1, 0.15) is 97.8 Å². The normalized spacial score (nSPS) is 17.9. The predicted octanol–water partition coefficient (Wildman–Crippen LogP) is 7.62. The first-order valence-electron chi connectivity index (χ1n) is 14.8. The zero-order valence-corrected chi connectivity index (χ0v) is 23.5. The van der Waals surface area contributed by atoms with E-state index >= 15 is 0 Å². The smallest absolute Gasteiger partial charge is 0.162 e. The van der Waals surface area contributed by atoms with Gasteiger partial charge in [-0.1, -0.05) is 24.6 Å². The third-order valence-electron chi connectivity index (χ3n) is 8.12. The highest BCUT2D eigenvalue weighted by Gasteiger charge is 2.21. The van der Waals surface area contributed by atoms with E-state index in [0.717, 1.165) is 71.2 Å². The lowest BCUT2D eigenvalue weighted by molar-refractivity contribution is 0.0969. The van der Waals surface area contributed by atoms with Gasteiger partial charge in [0, 0.05) is 24.0 Å². The van der Waals surface area contributed by atoms with Crippen LogP contribution in [0.5, 0.6) is 11.5 Å². The topological polar surface area (TPSA) is 49.9 Å². The zero-order valence-electron chi connectivity index (χ0n) is 22.7. The Labute approximate surface area is 232 Å². The van der Waals surface area contributed by atoms with Crippen molar-refractivity contribution < 1.29 is 14.3 Å². The number of carbonyl (C=O) groups is 2. The summed E-state index contributed by atoms with van der Waals surface area (Å²) in [6.45, 7) is 7.06. The second kappa shape index (κ2) is 13.8. The van der Waals surface area contributed by atoms with Crippen molar-refractivity contribution in [2.45, 2.75) is 86.8 Å². The van der Waals surface area contributed by atoms with Gasteiger partial charge in [0.05, 0.1) is 9.79 Å². The molecule has 0 unspecified atom stereocenters. The second-order valence-electron chi connectivity index (χ2n) is 11.1. The second-order valence-corrected chi connectivity index (χ2v) is 12.2. The first kappa shape index (κ1) is 27.4. The van der Waals surface area contributed by atoms with Crippen molar-refractivity contribution in [2.24, 2.45) is 0 Å². The minimum absolute atomic E-state index is 0.200. The van der Waals surface area contributed by atoms with Crippen LogP contribution < -0.4 is 4.74 Å². The molecule has 6 heteroatoms. The lowest BCUT2D eigenvalue weighted by Crippen LogP contribution is -2.30. The fraction of sp³-hybridized carbons (Fsp3) is 0.562.